The molecule has 3 aliphatic rings. The number of nitrogens with zero attached hydrogens (tertiary/aromatic N) is 1. The molecule has 0 aromatic carbocycles. The Bertz CT molecular complexity index is 349. The van der Waals surface area contributed by atoms with Crippen molar-refractivity contribution in [2.45, 2.75) is 82.7 Å². The first-order valence-electron chi connectivity index (χ1n) is 9.27. The van der Waals surface area contributed by atoms with Crippen molar-refractivity contribution in [2.75, 3.05) is 13.6 Å². The average molecular weight is 292 g/mol. The van der Waals surface area contributed by atoms with E-state index in [9.17, 15) is 4.79 Å². The number of fused-ring (bicyclic) bond motifs is 1. The average Bonchev–Trinajstić information content (AvgIpc) is 2.74. The van der Waals surface area contributed by atoms with Crippen molar-refractivity contribution in [3.63, 3.8) is 0 Å². The number of rotatable bonds is 3. The summed E-state index contributed by atoms with van der Waals surface area (Å²) in [6.45, 7) is 1.04. The monoisotopic (exact) mass is 292 g/mol. The Balaban J connectivity index is 1.72. The van der Waals surface area contributed by atoms with Crippen molar-refractivity contribution < 1.29 is 4.79 Å². The molecular formula is C18H32N2O. The van der Waals surface area contributed by atoms with Gasteiger partial charge >= 0.3 is 0 Å². The second-order valence-electron chi connectivity index (χ2n) is 7.53. The van der Waals surface area contributed by atoms with Gasteiger partial charge in [-0.1, -0.05) is 32.1 Å². The Hall–Kier alpha value is -0.570. The summed E-state index contributed by atoms with van der Waals surface area (Å²) in [5.74, 6) is 1.93. The summed E-state index contributed by atoms with van der Waals surface area (Å²) >= 11 is 0. The van der Waals surface area contributed by atoms with Crippen molar-refractivity contribution in [1.82, 2.24) is 10.2 Å². The fourth-order valence-electron chi connectivity index (χ4n) is 4.95. The molecule has 3 fully saturated rings. The van der Waals surface area contributed by atoms with Gasteiger partial charge in [0.25, 0.3) is 0 Å². The van der Waals surface area contributed by atoms with Gasteiger partial charge in [0.2, 0.25) is 5.91 Å². The maximum absolute atomic E-state index is 12.9. The summed E-state index contributed by atoms with van der Waals surface area (Å²) in [7, 11) is 1.95. The van der Waals surface area contributed by atoms with E-state index in [-0.39, 0.29) is 6.04 Å². The molecular weight excluding hydrogens is 260 g/mol. The number of hydrogen-bond donors (Lipinski definition) is 1. The highest BCUT2D eigenvalue weighted by Crippen LogP contribution is 2.37. The summed E-state index contributed by atoms with van der Waals surface area (Å²) in [5.41, 5.74) is 0. The fourth-order valence-corrected chi connectivity index (χ4v) is 4.95. The molecule has 0 aromatic heterocycles. The van der Waals surface area contributed by atoms with Gasteiger partial charge in [-0.2, -0.15) is 0 Å². The van der Waals surface area contributed by atoms with Crippen LogP contribution in [0.5, 0.6) is 0 Å². The lowest BCUT2D eigenvalue weighted by Gasteiger charge is -2.35. The Morgan fingerprint density at radius 3 is 2.43 bits per heavy atom. The Morgan fingerprint density at radius 1 is 0.952 bits per heavy atom. The smallest absolute Gasteiger partial charge is 0.239 e. The van der Waals surface area contributed by atoms with E-state index in [1.54, 1.807) is 0 Å². The van der Waals surface area contributed by atoms with Crippen LogP contribution in [0, 0.1) is 11.8 Å². The molecule has 120 valence electrons. The Labute approximate surface area is 129 Å². The van der Waals surface area contributed by atoms with Crippen LogP contribution in [0.2, 0.25) is 0 Å². The largest absolute Gasteiger partial charge is 0.338 e. The van der Waals surface area contributed by atoms with Gasteiger partial charge in [0.1, 0.15) is 0 Å². The Kier molecular flexibility index (Phi) is 5.20. The van der Waals surface area contributed by atoms with Gasteiger partial charge in [-0.3, -0.25) is 4.79 Å². The zero-order valence-corrected chi connectivity index (χ0v) is 13.7. The molecule has 3 rings (SSSR count). The van der Waals surface area contributed by atoms with Gasteiger partial charge in [0, 0.05) is 12.6 Å². The first-order chi connectivity index (χ1) is 10.3. The van der Waals surface area contributed by atoms with Crippen LogP contribution < -0.4 is 5.32 Å². The summed E-state index contributed by atoms with van der Waals surface area (Å²) in [5, 5.41) is 3.27. The van der Waals surface area contributed by atoms with Crippen LogP contribution >= 0.6 is 0 Å². The molecule has 3 nitrogen and oxygen atoms in total. The number of nitrogens with one attached hydrogen (secondary N) is 1. The summed E-state index contributed by atoms with van der Waals surface area (Å²) in [6.07, 6.45) is 14.4. The molecule has 0 bridgehead atoms. The lowest BCUT2D eigenvalue weighted by Crippen LogP contribution is -2.49. The molecule has 1 saturated heterocycles. The maximum Gasteiger partial charge on any atom is 0.239 e. The van der Waals surface area contributed by atoms with Crippen molar-refractivity contribution >= 4 is 5.91 Å². The molecule has 0 spiro atoms. The molecule has 0 radical (unpaired) electrons. The minimum Gasteiger partial charge on any atom is -0.338 e. The highest BCUT2D eigenvalue weighted by atomic mass is 16.2. The van der Waals surface area contributed by atoms with E-state index >= 15 is 0 Å². The first-order valence-corrected chi connectivity index (χ1v) is 9.27. The molecule has 3 heteroatoms. The molecule has 1 N–H and O–H groups in total. The quantitative estimate of drug-likeness (QED) is 0.809. The van der Waals surface area contributed by atoms with E-state index in [2.05, 4.69) is 10.2 Å². The molecule has 3 atom stereocenters. The third kappa shape index (κ3) is 3.44. The third-order valence-electron chi connectivity index (χ3n) is 6.20. The van der Waals surface area contributed by atoms with Gasteiger partial charge in [-0.25, -0.2) is 0 Å². The number of likely N-dealkylation sites (N-methyl/N-ethyl adjacent to an activating group) is 1. The van der Waals surface area contributed by atoms with E-state index in [0.717, 1.165) is 24.8 Å². The fraction of sp³-hybridized carbons (Fsp3) is 0.944. The number of carbonyl (C=O) groups is 1. The molecule has 2 aliphatic carbocycles. The van der Waals surface area contributed by atoms with Gasteiger partial charge in [-0.05, 0) is 57.4 Å². The predicted octanol–water partition coefficient (Wildman–Crippen LogP) is 3.34. The molecule has 3 unspecified atom stereocenters. The summed E-state index contributed by atoms with van der Waals surface area (Å²) < 4.78 is 0. The third-order valence-corrected chi connectivity index (χ3v) is 6.20. The molecule has 0 aromatic rings. The standard InChI is InChI=1S/C18H32N2O/c1-19-16-12-11-15-9-6-10-17(15)20(18(16)21)13-14-7-4-2-3-5-8-14/h14-17,19H,2-13H2,1H3. The molecule has 21 heavy (non-hydrogen) atoms. The van der Waals surface area contributed by atoms with Crippen LogP contribution in [-0.4, -0.2) is 36.5 Å². The molecule has 2 saturated carbocycles. The van der Waals surface area contributed by atoms with E-state index in [1.165, 1.54) is 64.2 Å². The second-order valence-corrected chi connectivity index (χ2v) is 7.53. The zero-order valence-electron chi connectivity index (χ0n) is 13.7. The van der Waals surface area contributed by atoms with Crippen LogP contribution in [0.15, 0.2) is 0 Å². The van der Waals surface area contributed by atoms with E-state index in [4.69, 9.17) is 0 Å². The van der Waals surface area contributed by atoms with Crippen LogP contribution in [0.25, 0.3) is 0 Å². The SMILES string of the molecule is CNC1CCC2CCCC2N(CC2CCCCCC2)C1=O. The molecule has 1 amide bonds. The van der Waals surface area contributed by atoms with Crippen molar-refractivity contribution in [2.24, 2.45) is 11.8 Å². The highest BCUT2D eigenvalue weighted by Gasteiger charge is 2.40. The highest BCUT2D eigenvalue weighted by molar-refractivity contribution is 5.82. The summed E-state index contributed by atoms with van der Waals surface area (Å²) in [4.78, 5) is 15.3. The van der Waals surface area contributed by atoms with Gasteiger partial charge in [0.05, 0.1) is 6.04 Å². The van der Waals surface area contributed by atoms with Gasteiger partial charge < -0.3 is 10.2 Å². The zero-order chi connectivity index (χ0) is 14.7. The van der Waals surface area contributed by atoms with Gasteiger partial charge in [-0.15, -0.1) is 0 Å². The van der Waals surface area contributed by atoms with Crippen LogP contribution in [-0.2, 0) is 4.79 Å². The molecule has 1 aliphatic heterocycles. The van der Waals surface area contributed by atoms with Crippen LogP contribution in [0.4, 0.5) is 0 Å². The number of amides is 1. The minimum atomic E-state index is 0.0707. The molecule has 1 heterocycles. The van der Waals surface area contributed by atoms with E-state index in [1.807, 2.05) is 7.05 Å². The van der Waals surface area contributed by atoms with E-state index < -0.39 is 0 Å². The van der Waals surface area contributed by atoms with Crippen LogP contribution in [0.1, 0.15) is 70.6 Å². The minimum absolute atomic E-state index is 0.0707. The van der Waals surface area contributed by atoms with Crippen LogP contribution in [0.3, 0.4) is 0 Å². The number of hydrogen-bond acceptors (Lipinski definition) is 2. The number of likely N-dealkylation sites (tertiary alicyclic amines) is 1. The maximum atomic E-state index is 12.9. The normalized spacial score (nSPS) is 35.4. The second kappa shape index (κ2) is 7.13. The number of carbonyl (C=O) groups excluding carboxylic acids is 1. The lowest BCUT2D eigenvalue weighted by atomic mass is 9.95. The Morgan fingerprint density at radius 2 is 1.71 bits per heavy atom. The first kappa shape index (κ1) is 15.3. The van der Waals surface area contributed by atoms with Crippen molar-refractivity contribution in [3.05, 3.63) is 0 Å². The summed E-state index contributed by atoms with van der Waals surface area (Å²) in [6, 6.07) is 0.625. The van der Waals surface area contributed by atoms with E-state index in [0.29, 0.717) is 11.9 Å². The lowest BCUT2D eigenvalue weighted by molar-refractivity contribution is -0.136. The van der Waals surface area contributed by atoms with Crippen molar-refractivity contribution in [1.29, 1.82) is 0 Å². The van der Waals surface area contributed by atoms with Gasteiger partial charge in [0.15, 0.2) is 0 Å². The van der Waals surface area contributed by atoms with Crippen molar-refractivity contribution in [3.8, 4) is 0 Å². The topological polar surface area (TPSA) is 32.3 Å². The predicted molar refractivity (Wildman–Crippen MR) is 86.1 cm³/mol.